The molecular weight excluding hydrogens is 799 g/mol. The number of hydrogen-bond acceptors (Lipinski definition) is 2. The SMILES string of the molecule is CC(C)(C)c1ccc(N(c2ccc(C(C)(C)C)cc2)c2cc(-c3ccc4c5c3[nH]c3ccc(cc35)C(C)(C)c3ccc(cc3)N4c3ccccc3-c3ccccc3)cc(C(C)(C)C)c2)cc1. The van der Waals surface area contributed by atoms with Crippen LogP contribution in [0.15, 0.2) is 176 Å². The van der Waals surface area contributed by atoms with Gasteiger partial charge in [0.1, 0.15) is 0 Å². The average Bonchev–Trinajstić information content (AvgIpc) is 3.68. The zero-order valence-electron chi connectivity index (χ0n) is 40.6. The van der Waals surface area contributed by atoms with E-state index in [0.29, 0.717) is 0 Å². The number of para-hydroxylation sites is 1. The second-order valence-corrected chi connectivity index (χ2v) is 22.1. The van der Waals surface area contributed by atoms with Crippen LogP contribution in [0.25, 0.3) is 44.1 Å². The van der Waals surface area contributed by atoms with Crippen molar-refractivity contribution >= 4 is 55.9 Å². The van der Waals surface area contributed by atoms with Gasteiger partial charge in [-0.3, -0.25) is 0 Å². The largest absolute Gasteiger partial charge is 0.354 e. The highest BCUT2D eigenvalue weighted by molar-refractivity contribution is 6.19. The summed E-state index contributed by atoms with van der Waals surface area (Å²) in [5, 5.41) is 2.44. The smallest absolute Gasteiger partial charge is 0.0565 e. The van der Waals surface area contributed by atoms with Crippen molar-refractivity contribution in [1.29, 1.82) is 0 Å². The third kappa shape index (κ3) is 7.59. The van der Waals surface area contributed by atoms with Crippen LogP contribution in [0.2, 0.25) is 0 Å². The summed E-state index contributed by atoms with van der Waals surface area (Å²) in [7, 11) is 0. The molecule has 330 valence electrons. The van der Waals surface area contributed by atoms with Gasteiger partial charge in [-0.25, -0.2) is 0 Å². The van der Waals surface area contributed by atoms with E-state index in [2.05, 4.69) is 267 Å². The van der Waals surface area contributed by atoms with Gasteiger partial charge in [0.15, 0.2) is 0 Å². The normalized spacial score (nSPS) is 13.8. The number of fused-ring (bicyclic) bond motifs is 2. The van der Waals surface area contributed by atoms with Crippen molar-refractivity contribution in [1.82, 2.24) is 4.98 Å². The molecule has 11 rings (SSSR count). The summed E-state index contributed by atoms with van der Waals surface area (Å²) in [6.45, 7) is 25.4. The van der Waals surface area contributed by atoms with E-state index in [0.717, 1.165) is 45.2 Å². The van der Waals surface area contributed by atoms with E-state index < -0.39 is 0 Å². The predicted molar refractivity (Wildman–Crippen MR) is 284 cm³/mol. The standard InChI is InChI=1S/C63H63N3/c1-60(2,3)43-21-28-48(29-22-43)65(49-30-23-44(24-31-49)61(4,5)6)51-38-42(37-47(39-51)62(7,8)9)53-34-36-57-58-54-40-46(27-35-55(54)64-59(53)58)63(10,11)45-25-32-50(33-26-45)66(57)56-20-16-15-19-52(56)41-17-13-12-14-18-41/h12-40,64H,1-11H3. The lowest BCUT2D eigenvalue weighted by atomic mass is 9.78. The lowest BCUT2D eigenvalue weighted by molar-refractivity contribution is 0.589. The highest BCUT2D eigenvalue weighted by Crippen LogP contribution is 2.50. The van der Waals surface area contributed by atoms with Crippen molar-refractivity contribution < 1.29 is 0 Å². The molecule has 0 atom stereocenters. The highest BCUT2D eigenvalue weighted by Gasteiger charge is 2.30. The van der Waals surface area contributed by atoms with Crippen LogP contribution >= 0.6 is 0 Å². The molecule has 0 saturated carbocycles. The topological polar surface area (TPSA) is 22.3 Å². The molecule has 4 bridgehead atoms. The molecule has 3 nitrogen and oxygen atoms in total. The molecule has 8 aromatic carbocycles. The Balaban J connectivity index is 1.25. The van der Waals surface area contributed by atoms with E-state index in [4.69, 9.17) is 0 Å². The molecule has 3 heteroatoms. The molecule has 0 saturated heterocycles. The second kappa shape index (κ2) is 15.7. The first-order valence-electron chi connectivity index (χ1n) is 23.7. The van der Waals surface area contributed by atoms with Crippen molar-refractivity contribution in [2.24, 2.45) is 0 Å². The number of nitrogens with zero attached hydrogens (tertiary/aromatic N) is 2. The highest BCUT2D eigenvalue weighted by atomic mass is 15.2. The summed E-state index contributed by atoms with van der Waals surface area (Å²) in [5.74, 6) is 0. The Morgan fingerprint density at radius 1 is 0.439 bits per heavy atom. The lowest BCUT2D eigenvalue weighted by Gasteiger charge is -2.31. The summed E-state index contributed by atoms with van der Waals surface area (Å²) in [6.07, 6.45) is 0. The number of benzene rings is 8. The van der Waals surface area contributed by atoms with Gasteiger partial charge < -0.3 is 14.8 Å². The number of rotatable bonds is 6. The first-order chi connectivity index (χ1) is 31.4. The molecule has 2 aliphatic heterocycles. The molecule has 0 aliphatic carbocycles. The summed E-state index contributed by atoms with van der Waals surface area (Å²) in [5.41, 5.74) is 20.0. The maximum atomic E-state index is 4.04. The van der Waals surface area contributed by atoms with Gasteiger partial charge in [0.05, 0.1) is 16.9 Å². The summed E-state index contributed by atoms with van der Waals surface area (Å²) < 4.78 is 0. The Bertz CT molecular complexity index is 3180. The van der Waals surface area contributed by atoms with Gasteiger partial charge in [-0.05, 0) is 128 Å². The molecule has 3 heterocycles. The molecule has 0 amide bonds. The Labute approximate surface area is 392 Å². The van der Waals surface area contributed by atoms with Gasteiger partial charge >= 0.3 is 0 Å². The van der Waals surface area contributed by atoms with E-state index >= 15 is 0 Å². The van der Waals surface area contributed by atoms with Gasteiger partial charge in [0.25, 0.3) is 0 Å². The fourth-order valence-electron chi connectivity index (χ4n) is 9.93. The molecule has 2 aliphatic rings. The van der Waals surface area contributed by atoms with Crippen LogP contribution in [0.3, 0.4) is 0 Å². The van der Waals surface area contributed by atoms with Gasteiger partial charge in [-0.1, -0.05) is 179 Å². The Hall–Kier alpha value is -6.84. The van der Waals surface area contributed by atoms with Crippen molar-refractivity contribution in [3.05, 3.63) is 204 Å². The van der Waals surface area contributed by atoms with Crippen LogP contribution in [0, 0.1) is 0 Å². The molecule has 1 aromatic heterocycles. The van der Waals surface area contributed by atoms with Crippen molar-refractivity contribution in [2.45, 2.75) is 97.8 Å². The van der Waals surface area contributed by atoms with Crippen LogP contribution in [-0.4, -0.2) is 4.98 Å². The van der Waals surface area contributed by atoms with E-state index in [1.165, 1.54) is 60.8 Å². The molecule has 66 heavy (non-hydrogen) atoms. The number of aromatic nitrogens is 1. The number of H-pyrrole nitrogens is 1. The molecular formula is C63H63N3. The fourth-order valence-corrected chi connectivity index (χ4v) is 9.93. The van der Waals surface area contributed by atoms with Crippen LogP contribution in [0.1, 0.15) is 104 Å². The maximum absolute atomic E-state index is 4.04. The number of aromatic amines is 1. The molecule has 0 unspecified atom stereocenters. The van der Waals surface area contributed by atoms with Gasteiger partial charge in [0.2, 0.25) is 0 Å². The van der Waals surface area contributed by atoms with Crippen LogP contribution in [0.5, 0.6) is 0 Å². The Morgan fingerprint density at radius 3 is 1.62 bits per heavy atom. The quantitative estimate of drug-likeness (QED) is 0.180. The van der Waals surface area contributed by atoms with Crippen molar-refractivity contribution in [3.63, 3.8) is 0 Å². The van der Waals surface area contributed by atoms with Crippen LogP contribution in [-0.2, 0) is 21.7 Å². The van der Waals surface area contributed by atoms with E-state index in [9.17, 15) is 0 Å². The van der Waals surface area contributed by atoms with E-state index in [-0.39, 0.29) is 21.7 Å². The number of nitrogens with one attached hydrogen (secondary N) is 1. The molecule has 0 radical (unpaired) electrons. The van der Waals surface area contributed by atoms with Gasteiger partial charge in [-0.2, -0.15) is 0 Å². The zero-order valence-corrected chi connectivity index (χ0v) is 40.6. The number of anilines is 6. The van der Waals surface area contributed by atoms with Crippen molar-refractivity contribution in [3.8, 4) is 22.3 Å². The minimum atomic E-state index is -0.208. The average molecular weight is 862 g/mol. The summed E-state index contributed by atoms with van der Waals surface area (Å²) in [6, 6.07) is 66.3. The monoisotopic (exact) mass is 862 g/mol. The van der Waals surface area contributed by atoms with Gasteiger partial charge in [-0.15, -0.1) is 0 Å². The maximum Gasteiger partial charge on any atom is 0.0565 e. The van der Waals surface area contributed by atoms with Crippen LogP contribution in [0.4, 0.5) is 34.1 Å². The first kappa shape index (κ1) is 43.1. The summed E-state index contributed by atoms with van der Waals surface area (Å²) in [4.78, 5) is 8.97. The molecule has 9 aromatic rings. The molecule has 0 fully saturated rings. The number of hydrogen-bond donors (Lipinski definition) is 1. The van der Waals surface area contributed by atoms with Crippen LogP contribution < -0.4 is 9.80 Å². The van der Waals surface area contributed by atoms with E-state index in [1.54, 1.807) is 0 Å². The molecule has 0 spiro atoms. The lowest BCUT2D eigenvalue weighted by Crippen LogP contribution is -2.19. The minimum absolute atomic E-state index is 0.0466. The van der Waals surface area contributed by atoms with Gasteiger partial charge in [0, 0.05) is 55.6 Å². The third-order valence-electron chi connectivity index (χ3n) is 14.1. The first-order valence-corrected chi connectivity index (χ1v) is 23.7. The Kier molecular flexibility index (Phi) is 10.2. The fraction of sp³-hybridized carbons (Fsp3) is 0.238. The Morgan fingerprint density at radius 2 is 1.02 bits per heavy atom. The van der Waals surface area contributed by atoms with Crippen molar-refractivity contribution in [2.75, 3.05) is 9.80 Å². The minimum Gasteiger partial charge on any atom is -0.354 e. The second-order valence-electron chi connectivity index (χ2n) is 22.1. The molecule has 1 N–H and O–H groups in total. The third-order valence-corrected chi connectivity index (χ3v) is 14.1. The van der Waals surface area contributed by atoms with E-state index in [1.807, 2.05) is 0 Å². The zero-order chi connectivity index (χ0) is 46.3. The summed E-state index contributed by atoms with van der Waals surface area (Å²) >= 11 is 0. The predicted octanol–water partition coefficient (Wildman–Crippen LogP) is 18.1.